The molecule has 3 rings (SSSR count). The molecule has 1 fully saturated rings. The minimum atomic E-state index is -0.441. The molecule has 136 valence electrons. The van der Waals surface area contributed by atoms with Gasteiger partial charge in [-0.05, 0) is 18.9 Å². The smallest absolute Gasteiger partial charge is 0.226 e. The first kappa shape index (κ1) is 18.0. The quantitative estimate of drug-likeness (QED) is 0.831. The second kappa shape index (κ2) is 8.56. The van der Waals surface area contributed by atoms with Crippen LogP contribution in [0.25, 0.3) is 0 Å². The maximum absolute atomic E-state index is 10.5. The van der Waals surface area contributed by atoms with Gasteiger partial charge in [-0.3, -0.25) is 9.80 Å². The molecule has 2 aromatic rings. The van der Waals surface area contributed by atoms with Crippen molar-refractivity contribution in [2.75, 3.05) is 26.2 Å². The lowest BCUT2D eigenvalue weighted by Crippen LogP contribution is -2.52. The van der Waals surface area contributed by atoms with Gasteiger partial charge in [-0.2, -0.15) is 4.98 Å². The topological polar surface area (TPSA) is 65.6 Å². The van der Waals surface area contributed by atoms with Crippen molar-refractivity contribution in [1.29, 1.82) is 0 Å². The maximum atomic E-state index is 10.5. The molecule has 0 unspecified atom stereocenters. The Bertz CT molecular complexity index is 646. The summed E-state index contributed by atoms with van der Waals surface area (Å²) in [7, 11) is 0. The van der Waals surface area contributed by atoms with Crippen molar-refractivity contribution < 1.29 is 9.63 Å². The zero-order valence-corrected chi connectivity index (χ0v) is 15.1. The summed E-state index contributed by atoms with van der Waals surface area (Å²) in [6, 6.07) is 10.3. The Morgan fingerprint density at radius 1 is 1.28 bits per heavy atom. The van der Waals surface area contributed by atoms with Crippen molar-refractivity contribution in [3.05, 3.63) is 47.6 Å². The van der Waals surface area contributed by atoms with E-state index in [0.29, 0.717) is 12.6 Å². The van der Waals surface area contributed by atoms with E-state index in [1.165, 1.54) is 0 Å². The van der Waals surface area contributed by atoms with Crippen LogP contribution in [0.2, 0.25) is 0 Å². The van der Waals surface area contributed by atoms with Crippen molar-refractivity contribution in [1.82, 2.24) is 19.9 Å². The van der Waals surface area contributed by atoms with Crippen LogP contribution in [0.1, 0.15) is 43.7 Å². The van der Waals surface area contributed by atoms with Gasteiger partial charge >= 0.3 is 0 Å². The molecular formula is C19H28N4O2. The first-order chi connectivity index (χ1) is 12.2. The predicted octanol–water partition coefficient (Wildman–Crippen LogP) is 2.26. The second-order valence-corrected chi connectivity index (χ2v) is 6.86. The fourth-order valence-corrected chi connectivity index (χ4v) is 3.36. The van der Waals surface area contributed by atoms with Crippen LogP contribution < -0.4 is 0 Å². The zero-order chi connectivity index (χ0) is 17.6. The lowest BCUT2D eigenvalue weighted by atomic mass is 10.1. The molecule has 1 aliphatic rings. The minimum absolute atomic E-state index is 0.383. The fourth-order valence-electron chi connectivity index (χ4n) is 3.36. The van der Waals surface area contributed by atoms with Gasteiger partial charge in [0.1, 0.15) is 0 Å². The van der Waals surface area contributed by atoms with Crippen LogP contribution in [0, 0.1) is 0 Å². The van der Waals surface area contributed by atoms with E-state index in [0.717, 1.165) is 56.3 Å². The van der Waals surface area contributed by atoms with Crippen molar-refractivity contribution in [2.24, 2.45) is 0 Å². The highest BCUT2D eigenvalue weighted by molar-refractivity contribution is 5.17. The van der Waals surface area contributed by atoms with E-state index in [9.17, 15) is 5.11 Å². The summed E-state index contributed by atoms with van der Waals surface area (Å²) >= 11 is 0. The average molecular weight is 344 g/mol. The number of rotatable bonds is 7. The maximum Gasteiger partial charge on any atom is 0.226 e. The summed E-state index contributed by atoms with van der Waals surface area (Å²) in [6.07, 6.45) is 1.42. The number of aliphatic hydroxyl groups is 1. The molecule has 0 radical (unpaired) electrons. The van der Waals surface area contributed by atoms with Crippen LogP contribution in [0.3, 0.4) is 0 Å². The number of aliphatic hydroxyl groups excluding tert-OH is 1. The van der Waals surface area contributed by atoms with Crippen LogP contribution in [-0.4, -0.2) is 57.3 Å². The Morgan fingerprint density at radius 3 is 2.80 bits per heavy atom. The van der Waals surface area contributed by atoms with E-state index < -0.39 is 6.10 Å². The molecule has 6 heteroatoms. The lowest BCUT2D eigenvalue weighted by Gasteiger charge is -2.40. The molecule has 0 aliphatic carbocycles. The van der Waals surface area contributed by atoms with Gasteiger partial charge < -0.3 is 9.63 Å². The highest BCUT2D eigenvalue weighted by Gasteiger charge is 2.26. The van der Waals surface area contributed by atoms with Gasteiger partial charge in [0.05, 0.1) is 12.6 Å². The molecular weight excluding hydrogens is 316 g/mol. The number of β-amino-alcohol motifs (C(OH)–C–C–N with tert-alkyl or cyclic N) is 1. The van der Waals surface area contributed by atoms with Crippen LogP contribution in [0.15, 0.2) is 34.9 Å². The zero-order valence-electron chi connectivity index (χ0n) is 15.1. The third kappa shape index (κ3) is 4.87. The number of benzene rings is 1. The molecule has 0 saturated carbocycles. The van der Waals surface area contributed by atoms with E-state index in [4.69, 9.17) is 4.52 Å². The summed E-state index contributed by atoms with van der Waals surface area (Å²) in [5.41, 5.74) is 0.979. The summed E-state index contributed by atoms with van der Waals surface area (Å²) in [5, 5.41) is 14.5. The largest absolute Gasteiger partial charge is 0.387 e. The van der Waals surface area contributed by atoms with Gasteiger partial charge in [0.2, 0.25) is 5.89 Å². The highest BCUT2D eigenvalue weighted by atomic mass is 16.5. The first-order valence-electron chi connectivity index (χ1n) is 9.16. The van der Waals surface area contributed by atoms with Crippen molar-refractivity contribution in [3.63, 3.8) is 0 Å². The third-order valence-electron chi connectivity index (χ3n) is 4.78. The lowest BCUT2D eigenvalue weighted by molar-refractivity contribution is 0.0351. The van der Waals surface area contributed by atoms with Crippen LogP contribution >= 0.6 is 0 Å². The average Bonchev–Trinajstić information content (AvgIpc) is 3.05. The van der Waals surface area contributed by atoms with E-state index in [-0.39, 0.29) is 0 Å². The summed E-state index contributed by atoms with van der Waals surface area (Å²) < 4.78 is 5.26. The minimum Gasteiger partial charge on any atom is -0.387 e. The van der Waals surface area contributed by atoms with Gasteiger partial charge in [-0.15, -0.1) is 0 Å². The Labute approximate surface area is 149 Å². The van der Waals surface area contributed by atoms with E-state index in [1.54, 1.807) is 0 Å². The van der Waals surface area contributed by atoms with E-state index in [2.05, 4.69) is 33.8 Å². The Kier molecular flexibility index (Phi) is 6.18. The van der Waals surface area contributed by atoms with Crippen molar-refractivity contribution in [3.8, 4) is 0 Å². The van der Waals surface area contributed by atoms with E-state index >= 15 is 0 Å². The monoisotopic (exact) mass is 344 g/mol. The van der Waals surface area contributed by atoms with Crippen LogP contribution in [-0.2, 0) is 13.0 Å². The number of aryl methyl sites for hydroxylation is 1. The van der Waals surface area contributed by atoms with Gasteiger partial charge in [0.15, 0.2) is 5.82 Å². The number of aromatic nitrogens is 2. The standard InChI is InChI=1S/C19H28N4O2/c1-3-7-19-20-18(21-25-19)14-22-10-11-23(15(2)12-22)13-17(24)16-8-5-4-6-9-16/h4-6,8-9,15,17,24H,3,7,10-14H2,1-2H3/t15-,17+/m1/s1. The van der Waals surface area contributed by atoms with Crippen molar-refractivity contribution in [2.45, 2.75) is 45.4 Å². The number of hydrogen-bond acceptors (Lipinski definition) is 6. The molecule has 1 aromatic heterocycles. The van der Waals surface area contributed by atoms with Gasteiger partial charge in [-0.1, -0.05) is 42.4 Å². The molecule has 2 atom stereocenters. The molecule has 0 bridgehead atoms. The van der Waals surface area contributed by atoms with E-state index in [1.807, 2.05) is 30.3 Å². The molecule has 1 N–H and O–H groups in total. The summed E-state index contributed by atoms with van der Waals surface area (Å²) in [4.78, 5) is 9.17. The Balaban J connectivity index is 1.50. The molecule has 25 heavy (non-hydrogen) atoms. The summed E-state index contributed by atoms with van der Waals surface area (Å²) in [6.45, 7) is 8.54. The fraction of sp³-hybridized carbons (Fsp3) is 0.579. The van der Waals surface area contributed by atoms with Crippen LogP contribution in [0.4, 0.5) is 0 Å². The molecule has 1 aliphatic heterocycles. The van der Waals surface area contributed by atoms with Gasteiger partial charge in [0.25, 0.3) is 0 Å². The molecule has 0 amide bonds. The Hall–Kier alpha value is -1.76. The highest BCUT2D eigenvalue weighted by Crippen LogP contribution is 2.18. The van der Waals surface area contributed by atoms with Gasteiger partial charge in [-0.25, -0.2) is 0 Å². The second-order valence-electron chi connectivity index (χ2n) is 6.86. The first-order valence-corrected chi connectivity index (χ1v) is 9.16. The molecule has 1 saturated heterocycles. The number of piperazine rings is 1. The molecule has 2 heterocycles. The van der Waals surface area contributed by atoms with Crippen molar-refractivity contribution >= 4 is 0 Å². The molecule has 1 aromatic carbocycles. The number of hydrogen-bond donors (Lipinski definition) is 1. The summed E-state index contributed by atoms with van der Waals surface area (Å²) in [5.74, 6) is 1.50. The molecule has 0 spiro atoms. The normalized spacial score (nSPS) is 20.7. The third-order valence-corrected chi connectivity index (χ3v) is 4.78. The van der Waals surface area contributed by atoms with Crippen LogP contribution in [0.5, 0.6) is 0 Å². The number of nitrogens with zero attached hydrogens (tertiary/aromatic N) is 4. The predicted molar refractivity (Wildman–Crippen MR) is 96.0 cm³/mol. The Morgan fingerprint density at radius 2 is 2.08 bits per heavy atom. The molecule has 6 nitrogen and oxygen atoms in total. The van der Waals surface area contributed by atoms with Gasteiger partial charge in [0, 0.05) is 38.6 Å². The SMILES string of the molecule is CCCc1nc(CN2CCN(C[C@H](O)c3ccccc3)[C@H](C)C2)no1.